The summed E-state index contributed by atoms with van der Waals surface area (Å²) < 4.78 is 5.21. The van der Waals surface area contributed by atoms with Crippen LogP contribution in [-0.4, -0.2) is 54.3 Å². The van der Waals surface area contributed by atoms with Crippen LogP contribution < -0.4 is 4.74 Å². The fourth-order valence-electron chi connectivity index (χ4n) is 5.07. The number of likely N-dealkylation sites (tertiary alicyclic amines) is 2. The summed E-state index contributed by atoms with van der Waals surface area (Å²) in [6.45, 7) is 0.792. The van der Waals surface area contributed by atoms with Crippen LogP contribution in [0.5, 0.6) is 5.75 Å². The Labute approximate surface area is 159 Å². The highest BCUT2D eigenvalue weighted by molar-refractivity contribution is 6.10. The number of ether oxygens (including phenoxy) is 1. The molecule has 3 atom stereocenters. The molecule has 0 N–H and O–H groups in total. The van der Waals surface area contributed by atoms with Crippen molar-refractivity contribution in [1.82, 2.24) is 9.80 Å². The largest absolute Gasteiger partial charge is 0.497 e. The molecular weight excluding hydrogens is 344 g/mol. The van der Waals surface area contributed by atoms with Gasteiger partial charge in [-0.05, 0) is 42.9 Å². The maximum atomic E-state index is 13.2. The van der Waals surface area contributed by atoms with Crippen LogP contribution in [-0.2, 0) is 19.8 Å². The van der Waals surface area contributed by atoms with Crippen LogP contribution >= 0.6 is 0 Å². The van der Waals surface area contributed by atoms with Crippen molar-refractivity contribution in [2.75, 3.05) is 20.7 Å². The zero-order valence-corrected chi connectivity index (χ0v) is 15.9. The third kappa shape index (κ3) is 2.91. The van der Waals surface area contributed by atoms with Gasteiger partial charge in [0.05, 0.1) is 12.5 Å². The number of rotatable bonds is 4. The van der Waals surface area contributed by atoms with Gasteiger partial charge in [-0.25, -0.2) is 0 Å². The SMILES string of the molecule is COc1ccc([C@@]2(CC(=O)N3C[C@@H]4CCC[C@H]3C4)CC(=O)N(C)C2=O)cc1. The zero-order valence-electron chi connectivity index (χ0n) is 15.9. The second-order valence-electron chi connectivity index (χ2n) is 8.15. The Balaban J connectivity index is 1.65. The first-order valence-corrected chi connectivity index (χ1v) is 9.69. The van der Waals surface area contributed by atoms with E-state index in [1.54, 1.807) is 31.4 Å². The smallest absolute Gasteiger partial charge is 0.240 e. The number of likely N-dealkylation sites (N-methyl/N-ethyl adjacent to an activating group) is 1. The van der Waals surface area contributed by atoms with Crippen molar-refractivity contribution in [3.63, 3.8) is 0 Å². The number of hydrogen-bond acceptors (Lipinski definition) is 4. The van der Waals surface area contributed by atoms with Gasteiger partial charge in [-0.2, -0.15) is 0 Å². The Bertz CT molecular complexity index is 775. The maximum Gasteiger partial charge on any atom is 0.240 e. The quantitative estimate of drug-likeness (QED) is 0.762. The highest BCUT2D eigenvalue weighted by atomic mass is 16.5. The van der Waals surface area contributed by atoms with Gasteiger partial charge in [-0.1, -0.05) is 18.6 Å². The van der Waals surface area contributed by atoms with Gasteiger partial charge in [-0.3, -0.25) is 19.3 Å². The Morgan fingerprint density at radius 1 is 1.22 bits per heavy atom. The molecule has 2 aliphatic heterocycles. The average Bonchev–Trinajstić information content (AvgIpc) is 3.10. The zero-order chi connectivity index (χ0) is 19.2. The molecule has 2 saturated heterocycles. The molecule has 6 heteroatoms. The third-order valence-electron chi connectivity index (χ3n) is 6.61. The highest BCUT2D eigenvalue weighted by Gasteiger charge is 2.53. The molecule has 6 nitrogen and oxygen atoms in total. The summed E-state index contributed by atoms with van der Waals surface area (Å²) in [6.07, 6.45) is 4.57. The molecule has 144 valence electrons. The fourth-order valence-corrected chi connectivity index (χ4v) is 5.07. The predicted octanol–water partition coefficient (Wildman–Crippen LogP) is 2.11. The van der Waals surface area contributed by atoms with E-state index in [9.17, 15) is 14.4 Å². The number of fused-ring (bicyclic) bond motifs is 2. The molecule has 4 rings (SSSR count). The maximum absolute atomic E-state index is 13.2. The molecule has 1 aromatic rings. The van der Waals surface area contributed by atoms with E-state index in [4.69, 9.17) is 4.74 Å². The Morgan fingerprint density at radius 3 is 2.56 bits per heavy atom. The van der Waals surface area contributed by atoms with E-state index in [1.807, 2.05) is 4.90 Å². The normalized spacial score (nSPS) is 30.1. The Kier molecular flexibility index (Phi) is 4.44. The van der Waals surface area contributed by atoms with Gasteiger partial charge in [0.25, 0.3) is 0 Å². The third-order valence-corrected chi connectivity index (χ3v) is 6.61. The minimum Gasteiger partial charge on any atom is -0.497 e. The van der Waals surface area contributed by atoms with Crippen LogP contribution in [0.15, 0.2) is 24.3 Å². The summed E-state index contributed by atoms with van der Waals surface area (Å²) in [5.74, 6) is 0.751. The summed E-state index contributed by atoms with van der Waals surface area (Å²) in [7, 11) is 3.08. The van der Waals surface area contributed by atoms with Gasteiger partial charge in [0.15, 0.2) is 0 Å². The molecular formula is C21H26N2O4. The average molecular weight is 370 g/mol. The molecule has 1 saturated carbocycles. The summed E-state index contributed by atoms with van der Waals surface area (Å²) in [6, 6.07) is 7.47. The monoisotopic (exact) mass is 370 g/mol. The van der Waals surface area contributed by atoms with Crippen LogP contribution in [0.4, 0.5) is 0 Å². The summed E-state index contributed by atoms with van der Waals surface area (Å²) in [5.41, 5.74) is -0.396. The van der Waals surface area contributed by atoms with E-state index >= 15 is 0 Å². The number of imide groups is 1. The Hall–Kier alpha value is -2.37. The summed E-state index contributed by atoms with van der Waals surface area (Å²) in [5, 5.41) is 0. The number of nitrogens with zero attached hydrogens (tertiary/aromatic N) is 2. The van der Waals surface area contributed by atoms with E-state index in [1.165, 1.54) is 24.8 Å². The second kappa shape index (κ2) is 6.66. The van der Waals surface area contributed by atoms with E-state index in [-0.39, 0.29) is 30.6 Å². The number of carbonyl (C=O) groups is 3. The van der Waals surface area contributed by atoms with E-state index < -0.39 is 5.41 Å². The van der Waals surface area contributed by atoms with Crippen molar-refractivity contribution in [2.45, 2.75) is 50.0 Å². The molecule has 3 amide bonds. The van der Waals surface area contributed by atoms with Crippen LogP contribution in [0.25, 0.3) is 0 Å². The van der Waals surface area contributed by atoms with E-state index in [0.29, 0.717) is 23.3 Å². The second-order valence-corrected chi connectivity index (χ2v) is 8.15. The molecule has 0 radical (unpaired) electrons. The van der Waals surface area contributed by atoms with E-state index in [0.717, 1.165) is 19.4 Å². The molecule has 0 spiro atoms. The first kappa shape index (κ1) is 18.0. The molecule has 0 aromatic heterocycles. The lowest BCUT2D eigenvalue weighted by Gasteiger charge is -2.31. The van der Waals surface area contributed by atoms with Gasteiger partial charge >= 0.3 is 0 Å². The van der Waals surface area contributed by atoms with Crippen molar-refractivity contribution in [2.24, 2.45) is 5.92 Å². The molecule has 1 aliphatic carbocycles. The minimum absolute atomic E-state index is 0.00309. The van der Waals surface area contributed by atoms with Crippen molar-refractivity contribution in [1.29, 1.82) is 0 Å². The highest BCUT2D eigenvalue weighted by Crippen LogP contribution is 2.42. The van der Waals surface area contributed by atoms with Crippen molar-refractivity contribution >= 4 is 17.7 Å². The molecule has 1 aromatic carbocycles. The number of methoxy groups -OCH3 is 1. The Morgan fingerprint density at radius 2 is 1.96 bits per heavy atom. The van der Waals surface area contributed by atoms with Gasteiger partial charge in [-0.15, -0.1) is 0 Å². The summed E-state index contributed by atoms with van der Waals surface area (Å²) >= 11 is 0. The van der Waals surface area contributed by atoms with Crippen molar-refractivity contribution < 1.29 is 19.1 Å². The topological polar surface area (TPSA) is 66.9 Å². The van der Waals surface area contributed by atoms with Gasteiger partial charge in [0.1, 0.15) is 5.75 Å². The number of hydrogen-bond donors (Lipinski definition) is 0. The van der Waals surface area contributed by atoms with Crippen LogP contribution in [0, 0.1) is 5.92 Å². The van der Waals surface area contributed by atoms with Gasteiger partial charge < -0.3 is 9.64 Å². The van der Waals surface area contributed by atoms with Crippen molar-refractivity contribution in [3.8, 4) is 5.75 Å². The number of carbonyl (C=O) groups excluding carboxylic acids is 3. The molecule has 3 fully saturated rings. The first-order chi connectivity index (χ1) is 12.9. The van der Waals surface area contributed by atoms with Gasteiger partial charge in [0, 0.05) is 32.5 Å². The lowest BCUT2D eigenvalue weighted by Crippen LogP contribution is -2.44. The summed E-state index contributed by atoms with van der Waals surface area (Å²) in [4.78, 5) is 41.8. The van der Waals surface area contributed by atoms with E-state index in [2.05, 4.69) is 0 Å². The fraction of sp³-hybridized carbons (Fsp3) is 0.571. The van der Waals surface area contributed by atoms with Crippen LogP contribution in [0.3, 0.4) is 0 Å². The van der Waals surface area contributed by atoms with Gasteiger partial charge in [0.2, 0.25) is 17.7 Å². The van der Waals surface area contributed by atoms with Crippen LogP contribution in [0.1, 0.15) is 44.1 Å². The standard InChI is InChI=1S/C21H26N2O4/c1-22-18(24)11-21(20(22)26,15-6-8-17(27-2)9-7-15)12-19(25)23-13-14-4-3-5-16(23)10-14/h6-9,14,16H,3-5,10-13H2,1-2H3/t14-,16+,21+/m1/s1. The number of amides is 3. The molecule has 3 aliphatic rings. The lowest BCUT2D eigenvalue weighted by atomic mass is 9.75. The predicted molar refractivity (Wildman–Crippen MR) is 99.1 cm³/mol. The molecule has 0 unspecified atom stereocenters. The molecule has 27 heavy (non-hydrogen) atoms. The molecule has 2 bridgehead atoms. The van der Waals surface area contributed by atoms with Crippen LogP contribution in [0.2, 0.25) is 0 Å². The minimum atomic E-state index is -1.11. The first-order valence-electron chi connectivity index (χ1n) is 9.69. The lowest BCUT2D eigenvalue weighted by molar-refractivity contribution is -0.141. The number of benzene rings is 1. The van der Waals surface area contributed by atoms with Crippen molar-refractivity contribution in [3.05, 3.63) is 29.8 Å². The molecule has 2 heterocycles.